The number of nitrogens with one attached hydrogen (secondary N) is 1. The van der Waals surface area contributed by atoms with E-state index >= 15 is 0 Å². The van der Waals surface area contributed by atoms with E-state index in [1.54, 1.807) is 17.0 Å². The number of hydrogen-bond donors (Lipinski definition) is 1. The Morgan fingerprint density at radius 3 is 2.62 bits per heavy atom. The van der Waals surface area contributed by atoms with Crippen LogP contribution >= 0.6 is 11.6 Å². The molecule has 0 aromatic heterocycles. The Hall–Kier alpha value is -2.33. The van der Waals surface area contributed by atoms with E-state index in [2.05, 4.69) is 12.2 Å². The van der Waals surface area contributed by atoms with Gasteiger partial charge in [0, 0.05) is 18.7 Å². The molecule has 1 heterocycles. The van der Waals surface area contributed by atoms with Gasteiger partial charge in [-0.1, -0.05) is 49.2 Å². The lowest BCUT2D eigenvalue weighted by Gasteiger charge is -2.18. The van der Waals surface area contributed by atoms with Crippen molar-refractivity contribution >= 4 is 34.8 Å². The Bertz CT molecular complexity index is 789. The normalized spacial score (nSPS) is 16.8. The molecular weight excluding hydrogens is 348 g/mol. The number of unbranched alkanes of at least 4 members (excludes halogenated alkanes) is 1. The van der Waals surface area contributed by atoms with Crippen LogP contribution in [0.5, 0.6) is 0 Å². The summed E-state index contributed by atoms with van der Waals surface area (Å²) in [6.45, 7) is 2.52. The monoisotopic (exact) mass is 370 g/mol. The number of nitrogens with zero attached hydrogens (tertiary/aromatic N) is 1. The van der Waals surface area contributed by atoms with Crippen molar-refractivity contribution in [1.29, 1.82) is 0 Å². The summed E-state index contributed by atoms with van der Waals surface area (Å²) in [4.78, 5) is 26.5. The van der Waals surface area contributed by atoms with Crippen LogP contribution in [-0.4, -0.2) is 18.4 Å². The number of carbonyl (C=O) groups excluding carboxylic acids is 2. The predicted molar refractivity (Wildman–Crippen MR) is 106 cm³/mol. The van der Waals surface area contributed by atoms with Crippen LogP contribution in [0.15, 0.2) is 48.5 Å². The highest BCUT2D eigenvalue weighted by Crippen LogP contribution is 2.31. The molecule has 1 saturated heterocycles. The lowest BCUT2D eigenvalue weighted by molar-refractivity contribution is -0.122. The minimum absolute atomic E-state index is 0.0758. The highest BCUT2D eigenvalue weighted by molar-refractivity contribution is 6.33. The van der Waals surface area contributed by atoms with Crippen LogP contribution in [0.3, 0.4) is 0 Å². The molecule has 0 saturated carbocycles. The number of hydrogen-bond acceptors (Lipinski definition) is 2. The Morgan fingerprint density at radius 2 is 1.92 bits per heavy atom. The average molecular weight is 371 g/mol. The molecular formula is C21H23ClN2O2. The fraction of sp³-hybridized carbons (Fsp3) is 0.333. The van der Waals surface area contributed by atoms with Gasteiger partial charge in [-0.05, 0) is 42.7 Å². The van der Waals surface area contributed by atoms with Gasteiger partial charge in [0.25, 0.3) is 0 Å². The van der Waals surface area contributed by atoms with Crippen LogP contribution in [0.1, 0.15) is 31.7 Å². The zero-order chi connectivity index (χ0) is 18.5. The van der Waals surface area contributed by atoms with Gasteiger partial charge in [-0.15, -0.1) is 0 Å². The molecule has 0 bridgehead atoms. The summed E-state index contributed by atoms with van der Waals surface area (Å²) >= 11 is 6.18. The number of halogens is 1. The Balaban J connectivity index is 1.62. The van der Waals surface area contributed by atoms with Crippen molar-refractivity contribution in [3.63, 3.8) is 0 Å². The van der Waals surface area contributed by atoms with Gasteiger partial charge in [-0.3, -0.25) is 9.59 Å². The Morgan fingerprint density at radius 1 is 1.19 bits per heavy atom. The zero-order valence-electron chi connectivity index (χ0n) is 14.9. The number of anilines is 2. The third-order valence-corrected chi connectivity index (χ3v) is 5.00. The van der Waals surface area contributed by atoms with Crippen molar-refractivity contribution < 1.29 is 9.59 Å². The molecule has 1 aliphatic rings. The molecule has 4 nitrogen and oxygen atoms in total. The summed E-state index contributed by atoms with van der Waals surface area (Å²) in [7, 11) is 0. The molecule has 1 fully saturated rings. The molecule has 1 atom stereocenters. The van der Waals surface area contributed by atoms with E-state index in [4.69, 9.17) is 11.6 Å². The number of amides is 2. The molecule has 2 amide bonds. The van der Waals surface area contributed by atoms with Crippen LogP contribution in [0.4, 0.5) is 11.4 Å². The van der Waals surface area contributed by atoms with E-state index in [0.29, 0.717) is 17.3 Å². The van der Waals surface area contributed by atoms with Crippen molar-refractivity contribution in [3.8, 4) is 0 Å². The second-order valence-electron chi connectivity index (χ2n) is 6.65. The van der Waals surface area contributed by atoms with E-state index in [-0.39, 0.29) is 24.2 Å². The minimum atomic E-state index is -0.376. The van der Waals surface area contributed by atoms with Crippen LogP contribution in [-0.2, 0) is 16.0 Å². The second kappa shape index (κ2) is 8.37. The van der Waals surface area contributed by atoms with E-state index in [1.165, 1.54) is 5.56 Å². The SMILES string of the molecule is CCCCc1ccc(NC(=O)[C@H]2CC(=O)N(c3ccccc3Cl)C2)cc1. The van der Waals surface area contributed by atoms with Gasteiger partial charge in [0.15, 0.2) is 0 Å². The molecule has 0 unspecified atom stereocenters. The van der Waals surface area contributed by atoms with Gasteiger partial charge in [-0.2, -0.15) is 0 Å². The number of carbonyl (C=O) groups is 2. The van der Waals surface area contributed by atoms with Gasteiger partial charge in [0.1, 0.15) is 0 Å². The number of aryl methyl sites for hydroxylation is 1. The van der Waals surface area contributed by atoms with Gasteiger partial charge >= 0.3 is 0 Å². The summed E-state index contributed by atoms with van der Waals surface area (Å²) in [5.41, 5.74) is 2.69. The van der Waals surface area contributed by atoms with Gasteiger partial charge in [0.2, 0.25) is 11.8 Å². The fourth-order valence-electron chi connectivity index (χ4n) is 3.17. The molecule has 2 aromatic carbocycles. The summed E-state index contributed by atoms with van der Waals surface area (Å²) in [6, 6.07) is 15.1. The average Bonchev–Trinajstić information content (AvgIpc) is 3.03. The molecule has 2 aromatic rings. The number of para-hydroxylation sites is 1. The van der Waals surface area contributed by atoms with Crippen LogP contribution < -0.4 is 10.2 Å². The van der Waals surface area contributed by atoms with E-state index < -0.39 is 0 Å². The van der Waals surface area contributed by atoms with E-state index in [0.717, 1.165) is 24.9 Å². The summed E-state index contributed by atoms with van der Waals surface area (Å²) in [5, 5.41) is 3.44. The molecule has 136 valence electrons. The number of benzene rings is 2. The molecule has 3 rings (SSSR count). The molecule has 5 heteroatoms. The van der Waals surface area contributed by atoms with Crippen molar-refractivity contribution in [2.75, 3.05) is 16.8 Å². The van der Waals surface area contributed by atoms with E-state index in [1.807, 2.05) is 36.4 Å². The summed E-state index contributed by atoms with van der Waals surface area (Å²) < 4.78 is 0. The third-order valence-electron chi connectivity index (χ3n) is 4.68. The fourth-order valence-corrected chi connectivity index (χ4v) is 3.40. The largest absolute Gasteiger partial charge is 0.326 e. The molecule has 0 spiro atoms. The molecule has 1 aliphatic heterocycles. The smallest absolute Gasteiger partial charge is 0.229 e. The van der Waals surface area contributed by atoms with Gasteiger partial charge < -0.3 is 10.2 Å². The lowest BCUT2D eigenvalue weighted by Crippen LogP contribution is -2.28. The molecule has 1 N–H and O–H groups in total. The first-order chi connectivity index (χ1) is 12.6. The quantitative estimate of drug-likeness (QED) is 0.802. The maximum absolute atomic E-state index is 12.6. The molecule has 26 heavy (non-hydrogen) atoms. The van der Waals surface area contributed by atoms with Crippen molar-refractivity contribution in [3.05, 3.63) is 59.1 Å². The second-order valence-corrected chi connectivity index (χ2v) is 7.05. The van der Waals surface area contributed by atoms with E-state index in [9.17, 15) is 9.59 Å². The maximum Gasteiger partial charge on any atom is 0.229 e. The van der Waals surface area contributed by atoms with Crippen LogP contribution in [0.2, 0.25) is 5.02 Å². The Kier molecular flexibility index (Phi) is 5.94. The summed E-state index contributed by atoms with van der Waals surface area (Å²) in [5.74, 6) is -0.582. The topological polar surface area (TPSA) is 49.4 Å². The van der Waals surface area contributed by atoms with Crippen molar-refractivity contribution in [1.82, 2.24) is 0 Å². The Labute approximate surface area is 159 Å². The highest BCUT2D eigenvalue weighted by atomic mass is 35.5. The van der Waals surface area contributed by atoms with Gasteiger partial charge in [0.05, 0.1) is 16.6 Å². The van der Waals surface area contributed by atoms with Crippen LogP contribution in [0.25, 0.3) is 0 Å². The standard InChI is InChI=1S/C21H23ClN2O2/c1-2-3-6-15-9-11-17(12-10-15)23-21(26)16-13-20(25)24(14-16)19-8-5-4-7-18(19)22/h4-5,7-12,16H,2-3,6,13-14H2,1H3,(H,23,26)/t16-/m0/s1. The van der Waals surface area contributed by atoms with Crippen molar-refractivity contribution in [2.45, 2.75) is 32.6 Å². The zero-order valence-corrected chi connectivity index (χ0v) is 15.6. The first-order valence-electron chi connectivity index (χ1n) is 9.03. The van der Waals surface area contributed by atoms with Crippen molar-refractivity contribution in [2.24, 2.45) is 5.92 Å². The lowest BCUT2D eigenvalue weighted by atomic mass is 10.1. The third kappa shape index (κ3) is 4.25. The predicted octanol–water partition coefficient (Wildman–Crippen LogP) is 4.67. The molecule has 0 aliphatic carbocycles. The van der Waals surface area contributed by atoms with Crippen LogP contribution in [0, 0.1) is 5.92 Å². The number of rotatable bonds is 6. The molecule has 0 radical (unpaired) electrons. The maximum atomic E-state index is 12.6. The van der Waals surface area contributed by atoms with Gasteiger partial charge in [-0.25, -0.2) is 0 Å². The first kappa shape index (κ1) is 18.5. The first-order valence-corrected chi connectivity index (χ1v) is 9.41. The summed E-state index contributed by atoms with van der Waals surface area (Å²) in [6.07, 6.45) is 3.57. The highest BCUT2D eigenvalue weighted by Gasteiger charge is 2.35. The minimum Gasteiger partial charge on any atom is -0.326 e.